The molecule has 0 atom stereocenters. The molecule has 8 heteroatoms. The molecule has 0 bridgehead atoms. The van der Waals surface area contributed by atoms with Gasteiger partial charge in [-0.25, -0.2) is 4.98 Å². The molecule has 1 aromatic carbocycles. The van der Waals surface area contributed by atoms with Crippen LogP contribution < -0.4 is 0 Å². The molecule has 0 spiro atoms. The fourth-order valence-electron chi connectivity index (χ4n) is 2.75. The first-order valence-corrected chi connectivity index (χ1v) is 8.24. The Morgan fingerprint density at radius 1 is 1.32 bits per heavy atom. The third-order valence-corrected chi connectivity index (χ3v) is 4.35. The zero-order chi connectivity index (χ0) is 17.6. The van der Waals surface area contributed by atoms with Crippen LogP contribution in [0.2, 0.25) is 0 Å². The minimum absolute atomic E-state index is 0.139. The molecule has 4 rings (SSSR count). The van der Waals surface area contributed by atoms with Crippen LogP contribution >= 0.6 is 15.9 Å². The zero-order valence-corrected chi connectivity index (χ0v) is 14.6. The molecule has 3 aromatic heterocycles. The summed E-state index contributed by atoms with van der Waals surface area (Å²) in [5.41, 5.74) is 2.50. The minimum atomic E-state index is -0.528. The third kappa shape index (κ3) is 2.60. The molecule has 2 N–H and O–H groups in total. The van der Waals surface area contributed by atoms with Crippen molar-refractivity contribution in [3.05, 3.63) is 58.5 Å². The lowest BCUT2D eigenvalue weighted by atomic mass is 10.2. The van der Waals surface area contributed by atoms with E-state index in [4.69, 9.17) is 0 Å². The molecule has 0 aliphatic carbocycles. The van der Waals surface area contributed by atoms with Gasteiger partial charge >= 0.3 is 5.91 Å². The van der Waals surface area contributed by atoms with Gasteiger partial charge in [-0.2, -0.15) is 0 Å². The average Bonchev–Trinajstić information content (AvgIpc) is 3.08. The van der Waals surface area contributed by atoms with Crippen molar-refractivity contribution in [3.63, 3.8) is 0 Å². The first-order valence-electron chi connectivity index (χ1n) is 7.44. The maximum absolute atomic E-state index is 12.5. The van der Waals surface area contributed by atoms with Gasteiger partial charge in [0.2, 0.25) is 5.88 Å². The number of halogens is 1. The van der Waals surface area contributed by atoms with Gasteiger partial charge in [0.05, 0.1) is 11.2 Å². The second kappa shape index (κ2) is 5.82. The number of nitrogens with zero attached hydrogens (tertiary/aromatic N) is 4. The van der Waals surface area contributed by atoms with E-state index in [0.29, 0.717) is 27.9 Å². The fourth-order valence-corrected chi connectivity index (χ4v) is 3.11. The summed E-state index contributed by atoms with van der Waals surface area (Å²) in [6.45, 7) is 1.75. The van der Waals surface area contributed by atoms with Crippen molar-refractivity contribution in [1.82, 2.24) is 14.4 Å². The molecule has 3 heterocycles. The highest BCUT2D eigenvalue weighted by atomic mass is 79.9. The van der Waals surface area contributed by atoms with Crippen LogP contribution in [-0.2, 0) is 0 Å². The van der Waals surface area contributed by atoms with Gasteiger partial charge in [-0.15, -0.1) is 10.2 Å². The lowest BCUT2D eigenvalue weighted by Gasteiger charge is -1.97. The zero-order valence-electron chi connectivity index (χ0n) is 13.1. The van der Waals surface area contributed by atoms with Crippen LogP contribution in [0.15, 0.2) is 57.3 Å². The van der Waals surface area contributed by atoms with Gasteiger partial charge < -0.3 is 10.1 Å². The largest absolute Gasteiger partial charge is 0.493 e. The molecular weight excluding hydrogens is 386 g/mol. The smallest absolute Gasteiger partial charge is 0.314 e. The predicted molar refractivity (Wildman–Crippen MR) is 96.4 cm³/mol. The van der Waals surface area contributed by atoms with E-state index in [1.165, 1.54) is 0 Å². The van der Waals surface area contributed by atoms with E-state index in [1.807, 2.05) is 24.3 Å². The van der Waals surface area contributed by atoms with Crippen LogP contribution in [0.25, 0.3) is 16.6 Å². The number of hydrogen-bond acceptors (Lipinski definition) is 4. The first-order chi connectivity index (χ1) is 12.0. The summed E-state index contributed by atoms with van der Waals surface area (Å²) in [6.07, 6.45) is 1.75. The molecule has 124 valence electrons. The summed E-state index contributed by atoms with van der Waals surface area (Å²) in [4.78, 5) is 19.7. The first kappa shape index (κ1) is 15.5. The lowest BCUT2D eigenvalue weighted by Crippen LogP contribution is -2.01. The number of aromatic amines is 1. The van der Waals surface area contributed by atoms with E-state index in [0.717, 1.165) is 4.47 Å². The number of aromatic nitrogens is 3. The SMILES string of the molecule is Cc1nc2ccccn2c1C(=O)N=Nc1c(O)[nH]c2ccc(Br)cc12. The number of nitrogens with one attached hydrogen (secondary N) is 1. The number of carbonyl (C=O) groups is 1. The maximum Gasteiger partial charge on any atom is 0.314 e. The monoisotopic (exact) mass is 397 g/mol. The van der Waals surface area contributed by atoms with E-state index in [2.05, 4.69) is 36.1 Å². The standard InChI is InChI=1S/C17H12BrN5O2/c1-9-15(23-7-3-2-4-13(23)19-9)17(25)22-21-14-11-8-10(18)5-6-12(11)20-16(14)24/h2-8,20,24H,1H3. The predicted octanol–water partition coefficient (Wildman–Crippen LogP) is 4.52. The van der Waals surface area contributed by atoms with Gasteiger partial charge in [0, 0.05) is 16.1 Å². The molecular formula is C17H12BrN5O2. The van der Waals surface area contributed by atoms with E-state index < -0.39 is 5.91 Å². The summed E-state index contributed by atoms with van der Waals surface area (Å²) >= 11 is 3.38. The number of benzene rings is 1. The Morgan fingerprint density at radius 3 is 3.00 bits per heavy atom. The minimum Gasteiger partial charge on any atom is -0.493 e. The Bertz CT molecular complexity index is 1160. The molecule has 0 unspecified atom stereocenters. The van der Waals surface area contributed by atoms with Crippen molar-refractivity contribution in [2.75, 3.05) is 0 Å². The number of amides is 1. The van der Waals surface area contributed by atoms with Crippen molar-refractivity contribution < 1.29 is 9.90 Å². The summed E-state index contributed by atoms with van der Waals surface area (Å²) in [5.74, 6) is -0.667. The Balaban J connectivity index is 1.77. The number of H-pyrrole nitrogens is 1. The summed E-state index contributed by atoms with van der Waals surface area (Å²) in [5, 5.41) is 18.5. The van der Waals surface area contributed by atoms with Crippen molar-refractivity contribution in [2.45, 2.75) is 6.92 Å². The van der Waals surface area contributed by atoms with Crippen LogP contribution in [0.5, 0.6) is 5.88 Å². The van der Waals surface area contributed by atoms with Gasteiger partial charge in [0.15, 0.2) is 5.69 Å². The highest BCUT2D eigenvalue weighted by molar-refractivity contribution is 9.10. The topological polar surface area (TPSA) is 95.1 Å². The third-order valence-electron chi connectivity index (χ3n) is 3.86. The number of pyridine rings is 1. The number of carbonyl (C=O) groups excluding carboxylic acids is 1. The Hall–Kier alpha value is -3.00. The van der Waals surface area contributed by atoms with Crippen LogP contribution in [0.4, 0.5) is 5.69 Å². The highest BCUT2D eigenvalue weighted by Gasteiger charge is 2.17. The molecule has 1 amide bonds. The molecule has 4 aromatic rings. The van der Waals surface area contributed by atoms with Crippen LogP contribution in [0.3, 0.4) is 0 Å². The lowest BCUT2D eigenvalue weighted by molar-refractivity contribution is 0.0989. The van der Waals surface area contributed by atoms with Gasteiger partial charge in [-0.3, -0.25) is 9.20 Å². The molecule has 0 aliphatic rings. The van der Waals surface area contributed by atoms with E-state index >= 15 is 0 Å². The number of imidazole rings is 1. The second-order valence-electron chi connectivity index (χ2n) is 5.49. The Kier molecular flexibility index (Phi) is 3.61. The van der Waals surface area contributed by atoms with Gasteiger partial charge in [-0.05, 0) is 37.3 Å². The number of aromatic hydroxyl groups is 1. The summed E-state index contributed by atoms with van der Waals surface area (Å²) < 4.78 is 2.50. The quantitative estimate of drug-likeness (QED) is 0.486. The molecule has 0 saturated carbocycles. The van der Waals surface area contributed by atoms with E-state index in [-0.39, 0.29) is 11.6 Å². The van der Waals surface area contributed by atoms with Crippen molar-refractivity contribution >= 4 is 44.1 Å². The molecule has 25 heavy (non-hydrogen) atoms. The number of azo groups is 1. The van der Waals surface area contributed by atoms with Gasteiger partial charge in [0.1, 0.15) is 11.3 Å². The molecule has 0 fully saturated rings. The van der Waals surface area contributed by atoms with E-state index in [1.54, 1.807) is 29.7 Å². The van der Waals surface area contributed by atoms with Crippen molar-refractivity contribution in [1.29, 1.82) is 0 Å². The van der Waals surface area contributed by atoms with Crippen LogP contribution in [-0.4, -0.2) is 25.4 Å². The number of rotatable bonds is 2. The second-order valence-corrected chi connectivity index (χ2v) is 6.41. The average molecular weight is 398 g/mol. The molecule has 0 radical (unpaired) electrons. The number of hydrogen-bond donors (Lipinski definition) is 2. The van der Waals surface area contributed by atoms with Crippen LogP contribution in [0.1, 0.15) is 16.2 Å². The summed E-state index contributed by atoms with van der Waals surface area (Å²) in [6, 6.07) is 10.9. The van der Waals surface area contributed by atoms with E-state index in [9.17, 15) is 9.90 Å². The normalized spacial score (nSPS) is 11.8. The molecule has 7 nitrogen and oxygen atoms in total. The Morgan fingerprint density at radius 2 is 2.16 bits per heavy atom. The van der Waals surface area contributed by atoms with Crippen LogP contribution in [0, 0.1) is 6.92 Å². The molecule has 0 aliphatic heterocycles. The van der Waals surface area contributed by atoms with Gasteiger partial charge in [-0.1, -0.05) is 22.0 Å². The van der Waals surface area contributed by atoms with Crippen molar-refractivity contribution in [2.24, 2.45) is 10.2 Å². The fraction of sp³-hybridized carbons (Fsp3) is 0.0588. The number of aryl methyl sites for hydroxylation is 1. The highest BCUT2D eigenvalue weighted by Crippen LogP contribution is 2.36. The van der Waals surface area contributed by atoms with Crippen molar-refractivity contribution in [3.8, 4) is 5.88 Å². The summed E-state index contributed by atoms with van der Waals surface area (Å²) in [7, 11) is 0. The maximum atomic E-state index is 12.5. The Labute approximate surface area is 150 Å². The molecule has 0 saturated heterocycles. The number of fused-ring (bicyclic) bond motifs is 2. The van der Waals surface area contributed by atoms with Gasteiger partial charge in [0.25, 0.3) is 0 Å².